The van der Waals surface area contributed by atoms with Crippen LogP contribution in [0.3, 0.4) is 0 Å². The maximum atomic E-state index is 5.78. The molecule has 0 aliphatic rings. The highest BCUT2D eigenvalue weighted by molar-refractivity contribution is 6.32. The number of aromatic nitrogens is 4. The van der Waals surface area contributed by atoms with Crippen LogP contribution >= 0.6 is 23.2 Å². The monoisotopic (exact) mass is 242 g/mol. The van der Waals surface area contributed by atoms with Crippen LogP contribution in [0.5, 0.6) is 0 Å². The fraction of sp³-hybridized carbons (Fsp3) is 0.222. The molecule has 0 N–H and O–H groups in total. The van der Waals surface area contributed by atoms with Crippen molar-refractivity contribution in [2.75, 3.05) is 0 Å². The molecule has 0 saturated carbocycles. The third kappa shape index (κ3) is 2.27. The Hall–Kier alpha value is -1.13. The summed E-state index contributed by atoms with van der Waals surface area (Å²) in [7, 11) is 0. The molecule has 0 atom stereocenters. The average molecular weight is 243 g/mol. The Morgan fingerprint density at radius 1 is 1.33 bits per heavy atom. The summed E-state index contributed by atoms with van der Waals surface area (Å²) in [5, 5.41) is 4.61. The second-order valence-electron chi connectivity index (χ2n) is 2.93. The molecule has 0 fully saturated rings. The Morgan fingerprint density at radius 3 is 2.73 bits per heavy atom. The van der Waals surface area contributed by atoms with Crippen LogP contribution in [0, 0.1) is 0 Å². The van der Waals surface area contributed by atoms with Gasteiger partial charge in [0.05, 0.1) is 11.9 Å². The molecule has 0 saturated heterocycles. The number of hydrogen-bond acceptors (Lipinski definition) is 3. The van der Waals surface area contributed by atoms with Gasteiger partial charge in [0, 0.05) is 24.4 Å². The molecule has 4 nitrogen and oxygen atoms in total. The van der Waals surface area contributed by atoms with Gasteiger partial charge in [-0.25, -0.2) is 9.97 Å². The first-order chi connectivity index (χ1) is 7.19. The van der Waals surface area contributed by atoms with Crippen LogP contribution in [0.4, 0.5) is 0 Å². The van der Waals surface area contributed by atoms with Crippen molar-refractivity contribution in [1.82, 2.24) is 19.7 Å². The van der Waals surface area contributed by atoms with Crippen LogP contribution in [0.25, 0.3) is 11.3 Å². The van der Waals surface area contributed by atoms with Crippen molar-refractivity contribution in [1.29, 1.82) is 0 Å². The van der Waals surface area contributed by atoms with Crippen LogP contribution in [-0.4, -0.2) is 19.7 Å². The van der Waals surface area contributed by atoms with E-state index in [4.69, 9.17) is 23.2 Å². The predicted octanol–water partition coefficient (Wildman–Crippen LogP) is 2.67. The first-order valence-corrected chi connectivity index (χ1v) is 5.17. The van der Waals surface area contributed by atoms with E-state index in [9.17, 15) is 0 Å². The summed E-state index contributed by atoms with van der Waals surface area (Å²) < 4.78 is 1.80. The number of nitrogens with zero attached hydrogens (tertiary/aromatic N) is 4. The summed E-state index contributed by atoms with van der Waals surface area (Å²) in [6.07, 6.45) is 3.60. The van der Waals surface area contributed by atoms with Crippen molar-refractivity contribution in [2.45, 2.75) is 13.5 Å². The largest absolute Gasteiger partial charge is 0.272 e. The first-order valence-electron chi connectivity index (χ1n) is 4.42. The fourth-order valence-electron chi connectivity index (χ4n) is 1.21. The van der Waals surface area contributed by atoms with Crippen molar-refractivity contribution < 1.29 is 0 Å². The molecule has 6 heteroatoms. The maximum Gasteiger partial charge on any atom is 0.224 e. The van der Waals surface area contributed by atoms with E-state index >= 15 is 0 Å². The molecule has 78 valence electrons. The summed E-state index contributed by atoms with van der Waals surface area (Å²) in [6.45, 7) is 2.82. The summed E-state index contributed by atoms with van der Waals surface area (Å²) in [5.74, 6) is 0. The summed E-state index contributed by atoms with van der Waals surface area (Å²) >= 11 is 11.5. The lowest BCUT2D eigenvalue weighted by atomic mass is 10.2. The van der Waals surface area contributed by atoms with E-state index in [0.29, 0.717) is 10.8 Å². The van der Waals surface area contributed by atoms with Gasteiger partial charge in [-0.2, -0.15) is 5.10 Å². The minimum absolute atomic E-state index is 0.141. The van der Waals surface area contributed by atoms with Crippen molar-refractivity contribution in [3.63, 3.8) is 0 Å². The van der Waals surface area contributed by atoms with E-state index in [1.54, 1.807) is 16.9 Å². The van der Waals surface area contributed by atoms with Gasteiger partial charge < -0.3 is 0 Å². The maximum absolute atomic E-state index is 5.78. The molecule has 0 aromatic carbocycles. The Bertz CT molecular complexity index is 460. The van der Waals surface area contributed by atoms with E-state index in [2.05, 4.69) is 15.1 Å². The molecular formula is C9H8Cl2N4. The molecule has 0 bridgehead atoms. The molecule has 0 spiro atoms. The molecular weight excluding hydrogens is 235 g/mol. The third-order valence-corrected chi connectivity index (χ3v) is 2.28. The Kier molecular flexibility index (Phi) is 2.88. The molecule has 2 aromatic rings. The highest BCUT2D eigenvalue weighted by Crippen LogP contribution is 2.20. The van der Waals surface area contributed by atoms with E-state index in [1.165, 1.54) is 0 Å². The molecule has 2 rings (SSSR count). The van der Waals surface area contributed by atoms with Crippen molar-refractivity contribution >= 4 is 23.2 Å². The molecule has 0 aliphatic carbocycles. The second-order valence-corrected chi connectivity index (χ2v) is 3.65. The SMILES string of the molecule is CCn1cc(-c2cc(Cl)nc(Cl)n2)cn1. The fourth-order valence-corrected chi connectivity index (χ4v) is 1.62. The predicted molar refractivity (Wildman–Crippen MR) is 58.9 cm³/mol. The smallest absolute Gasteiger partial charge is 0.224 e. The lowest BCUT2D eigenvalue weighted by Crippen LogP contribution is -1.92. The van der Waals surface area contributed by atoms with Gasteiger partial charge in [-0.05, 0) is 18.5 Å². The number of aryl methyl sites for hydroxylation is 1. The minimum Gasteiger partial charge on any atom is -0.272 e. The van der Waals surface area contributed by atoms with Crippen molar-refractivity contribution in [2.24, 2.45) is 0 Å². The van der Waals surface area contributed by atoms with Crippen LogP contribution in [-0.2, 0) is 6.54 Å². The van der Waals surface area contributed by atoms with Gasteiger partial charge in [0.2, 0.25) is 5.28 Å². The highest BCUT2D eigenvalue weighted by Gasteiger charge is 2.06. The molecule has 0 radical (unpaired) electrons. The van der Waals surface area contributed by atoms with Gasteiger partial charge in [0.1, 0.15) is 5.15 Å². The summed E-state index contributed by atoms with van der Waals surface area (Å²) in [6, 6.07) is 1.66. The Labute approximate surface area is 96.9 Å². The standard InChI is InChI=1S/C9H8Cl2N4/c1-2-15-5-6(4-12-15)7-3-8(10)14-9(11)13-7/h3-5H,2H2,1H3. The topological polar surface area (TPSA) is 43.6 Å². The van der Waals surface area contributed by atoms with Crippen molar-refractivity contribution in [3.8, 4) is 11.3 Å². The molecule has 2 aromatic heterocycles. The lowest BCUT2D eigenvalue weighted by Gasteiger charge is -1.97. The zero-order valence-corrected chi connectivity index (χ0v) is 9.50. The number of hydrogen-bond donors (Lipinski definition) is 0. The zero-order chi connectivity index (χ0) is 10.8. The van der Waals surface area contributed by atoms with Crippen LogP contribution in [0.2, 0.25) is 10.4 Å². The van der Waals surface area contributed by atoms with Crippen LogP contribution in [0.15, 0.2) is 18.5 Å². The molecule has 0 unspecified atom stereocenters. The number of halogens is 2. The van der Waals surface area contributed by atoms with E-state index in [-0.39, 0.29) is 5.28 Å². The van der Waals surface area contributed by atoms with E-state index < -0.39 is 0 Å². The van der Waals surface area contributed by atoms with Crippen molar-refractivity contribution in [3.05, 3.63) is 28.9 Å². The molecule has 2 heterocycles. The highest BCUT2D eigenvalue weighted by atomic mass is 35.5. The Balaban J connectivity index is 2.44. The van der Waals surface area contributed by atoms with Gasteiger partial charge in [-0.15, -0.1) is 0 Å². The molecule has 0 amide bonds. The first kappa shape index (κ1) is 10.4. The normalized spacial score (nSPS) is 10.6. The second kappa shape index (κ2) is 4.16. The minimum atomic E-state index is 0.141. The summed E-state index contributed by atoms with van der Waals surface area (Å²) in [4.78, 5) is 7.85. The molecule has 0 aliphatic heterocycles. The summed E-state index contributed by atoms with van der Waals surface area (Å²) in [5.41, 5.74) is 1.56. The van der Waals surface area contributed by atoms with Gasteiger partial charge in [-0.1, -0.05) is 11.6 Å². The van der Waals surface area contributed by atoms with Gasteiger partial charge in [-0.3, -0.25) is 4.68 Å². The van der Waals surface area contributed by atoms with E-state index in [1.807, 2.05) is 13.1 Å². The van der Waals surface area contributed by atoms with Gasteiger partial charge in [0.15, 0.2) is 0 Å². The lowest BCUT2D eigenvalue weighted by molar-refractivity contribution is 0.660. The van der Waals surface area contributed by atoms with Crippen LogP contribution < -0.4 is 0 Å². The Morgan fingerprint density at radius 2 is 2.13 bits per heavy atom. The van der Waals surface area contributed by atoms with Gasteiger partial charge in [0.25, 0.3) is 0 Å². The zero-order valence-electron chi connectivity index (χ0n) is 7.98. The average Bonchev–Trinajstić information content (AvgIpc) is 2.64. The number of rotatable bonds is 2. The quantitative estimate of drug-likeness (QED) is 0.601. The van der Waals surface area contributed by atoms with Crippen LogP contribution in [0.1, 0.15) is 6.92 Å². The molecule has 15 heavy (non-hydrogen) atoms. The van der Waals surface area contributed by atoms with Gasteiger partial charge >= 0.3 is 0 Å². The third-order valence-electron chi connectivity index (χ3n) is 1.92. The van der Waals surface area contributed by atoms with E-state index in [0.717, 1.165) is 12.1 Å².